The number of pyridine rings is 1. The number of likely N-dealkylation sites (tertiary alicyclic amines) is 1. The standard InChI is InChI=1S/C23H38N4O4/c1-23(2,3)31-22(29)26-11-7-5-6-10-21(28)25-12-14-30-19-15-18(16-24-17-19)20-9-8-13-27(20)4/h15-17,20H,5-14H2,1-4H3,(H,25,28)(H,26,29). The van der Waals surface area contributed by atoms with Crippen molar-refractivity contribution >= 4 is 12.0 Å². The number of rotatable bonds is 11. The third-order valence-corrected chi connectivity index (χ3v) is 5.08. The predicted molar refractivity (Wildman–Crippen MR) is 120 cm³/mol. The van der Waals surface area contributed by atoms with Gasteiger partial charge in [-0.15, -0.1) is 0 Å². The van der Waals surface area contributed by atoms with Crippen molar-refractivity contribution in [3.63, 3.8) is 0 Å². The molecule has 8 heteroatoms. The molecular formula is C23H38N4O4. The monoisotopic (exact) mass is 434 g/mol. The predicted octanol–water partition coefficient (Wildman–Crippen LogP) is 3.43. The minimum Gasteiger partial charge on any atom is -0.490 e. The van der Waals surface area contributed by atoms with Crippen LogP contribution in [0.25, 0.3) is 0 Å². The van der Waals surface area contributed by atoms with E-state index in [0.717, 1.165) is 38.0 Å². The van der Waals surface area contributed by atoms with Crippen LogP contribution in [0.5, 0.6) is 5.75 Å². The highest BCUT2D eigenvalue weighted by Crippen LogP contribution is 2.31. The Labute approximate surface area is 186 Å². The summed E-state index contributed by atoms with van der Waals surface area (Å²) < 4.78 is 10.9. The molecule has 1 unspecified atom stereocenters. The number of ether oxygens (including phenoxy) is 2. The Morgan fingerprint density at radius 1 is 1.16 bits per heavy atom. The highest BCUT2D eigenvalue weighted by molar-refractivity contribution is 5.75. The molecule has 0 spiro atoms. The number of carbonyl (C=O) groups excluding carboxylic acids is 2. The van der Waals surface area contributed by atoms with Crippen LogP contribution in [0.2, 0.25) is 0 Å². The summed E-state index contributed by atoms with van der Waals surface area (Å²) in [5, 5.41) is 5.61. The van der Waals surface area contributed by atoms with E-state index < -0.39 is 11.7 Å². The molecule has 8 nitrogen and oxygen atoms in total. The molecule has 2 N–H and O–H groups in total. The van der Waals surface area contributed by atoms with Gasteiger partial charge in [-0.25, -0.2) is 4.79 Å². The molecule has 174 valence electrons. The number of carbonyl (C=O) groups is 2. The van der Waals surface area contributed by atoms with Crippen LogP contribution in [0.15, 0.2) is 18.5 Å². The number of nitrogens with one attached hydrogen (secondary N) is 2. The van der Waals surface area contributed by atoms with Gasteiger partial charge in [0.15, 0.2) is 0 Å². The number of aromatic nitrogens is 1. The fourth-order valence-electron chi connectivity index (χ4n) is 3.57. The lowest BCUT2D eigenvalue weighted by Gasteiger charge is -2.19. The lowest BCUT2D eigenvalue weighted by Crippen LogP contribution is -2.33. The minimum absolute atomic E-state index is 0.0168. The van der Waals surface area contributed by atoms with E-state index in [9.17, 15) is 9.59 Å². The average molecular weight is 435 g/mol. The van der Waals surface area contributed by atoms with E-state index in [1.807, 2.05) is 33.0 Å². The maximum Gasteiger partial charge on any atom is 0.407 e. The first-order valence-corrected chi connectivity index (χ1v) is 11.3. The van der Waals surface area contributed by atoms with Crippen LogP contribution in [-0.2, 0) is 9.53 Å². The normalized spacial score (nSPS) is 16.7. The molecule has 0 bridgehead atoms. The van der Waals surface area contributed by atoms with Gasteiger partial charge in [-0.3, -0.25) is 14.7 Å². The second-order valence-corrected chi connectivity index (χ2v) is 9.03. The van der Waals surface area contributed by atoms with Gasteiger partial charge >= 0.3 is 6.09 Å². The molecule has 0 radical (unpaired) electrons. The summed E-state index contributed by atoms with van der Waals surface area (Å²) in [6.45, 7) is 8.04. The lowest BCUT2D eigenvalue weighted by atomic mass is 10.1. The van der Waals surface area contributed by atoms with Crippen molar-refractivity contribution in [3.8, 4) is 5.75 Å². The molecule has 1 aromatic heterocycles. The van der Waals surface area contributed by atoms with Crippen molar-refractivity contribution in [2.24, 2.45) is 0 Å². The van der Waals surface area contributed by atoms with Gasteiger partial charge in [-0.1, -0.05) is 6.42 Å². The van der Waals surface area contributed by atoms with Gasteiger partial charge in [-0.2, -0.15) is 0 Å². The third kappa shape index (κ3) is 10.0. The van der Waals surface area contributed by atoms with Crippen molar-refractivity contribution in [2.45, 2.75) is 70.9 Å². The summed E-state index contributed by atoms with van der Waals surface area (Å²) in [5.74, 6) is 0.757. The molecule has 1 aliphatic rings. The number of amides is 2. The van der Waals surface area contributed by atoms with Crippen LogP contribution in [0.3, 0.4) is 0 Å². The molecule has 2 amide bonds. The number of hydrogen-bond acceptors (Lipinski definition) is 6. The second-order valence-electron chi connectivity index (χ2n) is 9.03. The van der Waals surface area contributed by atoms with Crippen LogP contribution in [-0.4, -0.2) is 60.8 Å². The molecule has 0 saturated carbocycles. The quantitative estimate of drug-likeness (QED) is 0.519. The molecule has 1 atom stereocenters. The number of nitrogens with zero attached hydrogens (tertiary/aromatic N) is 2. The Hall–Kier alpha value is -2.35. The molecule has 2 rings (SSSR count). The molecule has 31 heavy (non-hydrogen) atoms. The van der Waals surface area contributed by atoms with E-state index in [4.69, 9.17) is 9.47 Å². The zero-order chi connectivity index (χ0) is 22.7. The highest BCUT2D eigenvalue weighted by atomic mass is 16.6. The summed E-state index contributed by atoms with van der Waals surface area (Å²) in [7, 11) is 2.14. The Balaban J connectivity index is 1.51. The topological polar surface area (TPSA) is 92.8 Å². The fourth-order valence-corrected chi connectivity index (χ4v) is 3.57. The summed E-state index contributed by atoms with van der Waals surface area (Å²) in [5.41, 5.74) is 0.695. The molecule has 0 aliphatic carbocycles. The van der Waals surface area contributed by atoms with Gasteiger partial charge in [-0.05, 0) is 71.7 Å². The summed E-state index contributed by atoms with van der Waals surface area (Å²) in [6, 6.07) is 2.46. The SMILES string of the molecule is CN1CCCC1c1cncc(OCCNC(=O)CCCCCNC(=O)OC(C)(C)C)c1. The zero-order valence-corrected chi connectivity index (χ0v) is 19.4. The van der Waals surface area contributed by atoms with Gasteiger partial charge in [0.2, 0.25) is 5.91 Å². The van der Waals surface area contributed by atoms with Crippen molar-refractivity contribution in [2.75, 3.05) is 33.3 Å². The summed E-state index contributed by atoms with van der Waals surface area (Å²) in [6.07, 6.45) is 8.51. The molecule has 1 saturated heterocycles. The third-order valence-electron chi connectivity index (χ3n) is 5.08. The fraction of sp³-hybridized carbons (Fsp3) is 0.696. The number of hydrogen-bond donors (Lipinski definition) is 2. The smallest absolute Gasteiger partial charge is 0.407 e. The molecule has 1 aromatic rings. The van der Waals surface area contributed by atoms with Crippen LogP contribution >= 0.6 is 0 Å². The van der Waals surface area contributed by atoms with Gasteiger partial charge in [0.05, 0.1) is 12.7 Å². The maximum absolute atomic E-state index is 11.9. The Morgan fingerprint density at radius 3 is 2.68 bits per heavy atom. The summed E-state index contributed by atoms with van der Waals surface area (Å²) >= 11 is 0. The molecule has 0 aromatic carbocycles. The first-order valence-electron chi connectivity index (χ1n) is 11.3. The first kappa shape index (κ1) is 24.9. The molecule has 1 fully saturated rings. The van der Waals surface area contributed by atoms with Gasteiger partial charge in [0.1, 0.15) is 18.0 Å². The van der Waals surface area contributed by atoms with E-state index in [1.54, 1.807) is 6.20 Å². The van der Waals surface area contributed by atoms with Crippen LogP contribution in [0.4, 0.5) is 4.79 Å². The van der Waals surface area contributed by atoms with Crippen LogP contribution in [0.1, 0.15) is 70.9 Å². The maximum atomic E-state index is 11.9. The zero-order valence-electron chi connectivity index (χ0n) is 19.4. The van der Waals surface area contributed by atoms with E-state index in [1.165, 1.54) is 12.0 Å². The van der Waals surface area contributed by atoms with Crippen LogP contribution < -0.4 is 15.4 Å². The van der Waals surface area contributed by atoms with E-state index in [2.05, 4.69) is 27.6 Å². The van der Waals surface area contributed by atoms with Crippen molar-refractivity contribution in [3.05, 3.63) is 24.0 Å². The largest absolute Gasteiger partial charge is 0.490 e. The van der Waals surface area contributed by atoms with E-state index in [-0.39, 0.29) is 5.91 Å². The van der Waals surface area contributed by atoms with E-state index >= 15 is 0 Å². The lowest BCUT2D eigenvalue weighted by molar-refractivity contribution is -0.121. The Bertz CT molecular complexity index is 705. The number of alkyl carbamates (subject to hydrolysis) is 1. The highest BCUT2D eigenvalue weighted by Gasteiger charge is 2.23. The van der Waals surface area contributed by atoms with Crippen LogP contribution in [0, 0.1) is 0 Å². The number of unbranched alkanes of at least 4 members (excludes halogenated alkanes) is 2. The minimum atomic E-state index is -0.488. The van der Waals surface area contributed by atoms with Crippen molar-refractivity contribution in [1.82, 2.24) is 20.5 Å². The molecular weight excluding hydrogens is 396 g/mol. The Kier molecular flexibility index (Phi) is 10.0. The molecule has 1 aliphatic heterocycles. The van der Waals surface area contributed by atoms with Crippen molar-refractivity contribution in [1.29, 1.82) is 0 Å². The van der Waals surface area contributed by atoms with Gasteiger partial charge in [0.25, 0.3) is 0 Å². The van der Waals surface area contributed by atoms with E-state index in [0.29, 0.717) is 32.2 Å². The molecule has 2 heterocycles. The average Bonchev–Trinajstić information content (AvgIpc) is 3.13. The first-order chi connectivity index (χ1) is 14.7. The Morgan fingerprint density at radius 2 is 1.97 bits per heavy atom. The second kappa shape index (κ2) is 12.5. The summed E-state index contributed by atoms with van der Waals surface area (Å²) in [4.78, 5) is 30.1. The van der Waals surface area contributed by atoms with Gasteiger partial charge < -0.3 is 20.1 Å². The van der Waals surface area contributed by atoms with Crippen molar-refractivity contribution < 1.29 is 19.1 Å². The van der Waals surface area contributed by atoms with Gasteiger partial charge in [0, 0.05) is 25.2 Å².